The number of ether oxygens (including phenoxy) is 1. The molecular weight excluding hydrogens is 318 g/mol. The molecule has 1 aromatic rings. The Morgan fingerprint density at radius 3 is 2.80 bits per heavy atom. The van der Waals surface area contributed by atoms with Gasteiger partial charge in [0.15, 0.2) is 0 Å². The fourth-order valence-corrected chi connectivity index (χ4v) is 3.22. The van der Waals surface area contributed by atoms with E-state index in [1.54, 1.807) is 0 Å². The molecule has 25 heavy (non-hydrogen) atoms. The quantitative estimate of drug-likeness (QED) is 0.702. The van der Waals surface area contributed by atoms with E-state index in [-0.39, 0.29) is 24.3 Å². The largest absolute Gasteiger partial charge is 0.494 e. The van der Waals surface area contributed by atoms with Crippen molar-refractivity contribution in [3.05, 3.63) is 29.8 Å². The zero-order valence-electron chi connectivity index (χ0n) is 15.3. The van der Waals surface area contributed by atoms with Crippen LogP contribution in [0.2, 0.25) is 0 Å². The van der Waals surface area contributed by atoms with Gasteiger partial charge in [-0.3, -0.25) is 9.59 Å². The van der Waals surface area contributed by atoms with Crippen molar-refractivity contribution in [3.8, 4) is 5.75 Å². The second-order valence-corrected chi connectivity index (χ2v) is 6.57. The van der Waals surface area contributed by atoms with Crippen LogP contribution in [0, 0.1) is 5.92 Å². The minimum Gasteiger partial charge on any atom is -0.494 e. The number of hydrogen-bond acceptors (Lipinski definition) is 4. The minimum absolute atomic E-state index is 0.0520. The van der Waals surface area contributed by atoms with Gasteiger partial charge in [-0.25, -0.2) is 0 Å². The van der Waals surface area contributed by atoms with Crippen LogP contribution < -0.4 is 20.7 Å². The third-order valence-corrected chi connectivity index (χ3v) is 4.49. The van der Waals surface area contributed by atoms with E-state index in [0.29, 0.717) is 18.3 Å². The Kier molecular flexibility index (Phi) is 7.25. The maximum Gasteiger partial charge on any atom is 0.222 e. The predicted octanol–water partition coefficient (Wildman–Crippen LogP) is 1.77. The lowest BCUT2D eigenvalue weighted by Crippen LogP contribution is -2.49. The average molecular weight is 347 g/mol. The van der Waals surface area contributed by atoms with E-state index in [2.05, 4.69) is 22.9 Å². The highest BCUT2D eigenvalue weighted by Crippen LogP contribution is 2.27. The first-order chi connectivity index (χ1) is 12.0. The molecule has 0 spiro atoms. The number of carbonyl (C=O) groups excluding carboxylic acids is 2. The summed E-state index contributed by atoms with van der Waals surface area (Å²) in [5, 5.41) is 9.33. The van der Waals surface area contributed by atoms with E-state index >= 15 is 0 Å². The van der Waals surface area contributed by atoms with Gasteiger partial charge >= 0.3 is 0 Å². The van der Waals surface area contributed by atoms with E-state index in [1.165, 1.54) is 6.92 Å². The van der Waals surface area contributed by atoms with Crippen LogP contribution in [0.4, 0.5) is 0 Å². The lowest BCUT2D eigenvalue weighted by Gasteiger charge is -2.31. The Bertz CT molecular complexity index is 591. The van der Waals surface area contributed by atoms with Crippen molar-refractivity contribution in [2.45, 2.75) is 45.7 Å². The first kappa shape index (κ1) is 19.2. The zero-order valence-corrected chi connectivity index (χ0v) is 15.3. The summed E-state index contributed by atoms with van der Waals surface area (Å²) in [5.41, 5.74) is 0.827. The SMILES string of the molecule is CCOc1ccccc1C(CC(=O)NC1CCNCC1C)NC(C)=O. The summed E-state index contributed by atoms with van der Waals surface area (Å²) < 4.78 is 5.66. The van der Waals surface area contributed by atoms with Crippen LogP contribution in [0.5, 0.6) is 5.75 Å². The van der Waals surface area contributed by atoms with Crippen LogP contribution in [0.15, 0.2) is 24.3 Å². The normalized spacial score (nSPS) is 21.2. The summed E-state index contributed by atoms with van der Waals surface area (Å²) in [5.74, 6) is 0.877. The molecule has 2 amide bonds. The van der Waals surface area contributed by atoms with Crippen LogP contribution in [-0.4, -0.2) is 37.6 Å². The third kappa shape index (κ3) is 5.74. The number of amides is 2. The number of carbonyl (C=O) groups is 2. The summed E-state index contributed by atoms with van der Waals surface area (Å²) in [6, 6.07) is 7.30. The highest BCUT2D eigenvalue weighted by molar-refractivity contribution is 5.79. The molecule has 1 fully saturated rings. The van der Waals surface area contributed by atoms with Crippen molar-refractivity contribution in [1.29, 1.82) is 0 Å². The zero-order chi connectivity index (χ0) is 18.2. The molecular formula is C19H29N3O3. The molecule has 2 rings (SSSR count). The van der Waals surface area contributed by atoms with Crippen molar-refractivity contribution >= 4 is 11.8 Å². The van der Waals surface area contributed by atoms with Crippen LogP contribution >= 0.6 is 0 Å². The summed E-state index contributed by atoms with van der Waals surface area (Å²) in [6.07, 6.45) is 1.12. The van der Waals surface area contributed by atoms with Gasteiger partial charge in [-0.15, -0.1) is 0 Å². The molecule has 6 nitrogen and oxygen atoms in total. The summed E-state index contributed by atoms with van der Waals surface area (Å²) >= 11 is 0. The summed E-state index contributed by atoms with van der Waals surface area (Å²) in [7, 11) is 0. The standard InChI is InChI=1S/C19H29N3O3/c1-4-25-18-8-6-5-7-15(18)17(21-14(3)23)11-19(24)22-16-9-10-20-12-13(16)2/h5-8,13,16-17,20H,4,9-12H2,1-3H3,(H,21,23)(H,22,24). The van der Waals surface area contributed by atoms with Gasteiger partial charge < -0.3 is 20.7 Å². The van der Waals surface area contributed by atoms with Crippen molar-refractivity contribution < 1.29 is 14.3 Å². The molecule has 0 saturated carbocycles. The van der Waals surface area contributed by atoms with Crippen LogP contribution in [0.3, 0.4) is 0 Å². The molecule has 1 aliphatic heterocycles. The van der Waals surface area contributed by atoms with Gasteiger partial charge in [-0.1, -0.05) is 25.1 Å². The molecule has 6 heteroatoms. The fourth-order valence-electron chi connectivity index (χ4n) is 3.22. The number of hydrogen-bond donors (Lipinski definition) is 3. The maximum atomic E-state index is 12.6. The Morgan fingerprint density at radius 2 is 2.12 bits per heavy atom. The second kappa shape index (κ2) is 9.42. The van der Waals surface area contributed by atoms with Crippen LogP contribution in [-0.2, 0) is 9.59 Å². The molecule has 0 bridgehead atoms. The first-order valence-corrected chi connectivity index (χ1v) is 9.00. The second-order valence-electron chi connectivity index (χ2n) is 6.57. The monoisotopic (exact) mass is 347 g/mol. The smallest absolute Gasteiger partial charge is 0.222 e. The molecule has 1 saturated heterocycles. The lowest BCUT2D eigenvalue weighted by atomic mass is 9.94. The van der Waals surface area contributed by atoms with Crippen LogP contribution in [0.1, 0.15) is 45.2 Å². The van der Waals surface area contributed by atoms with E-state index in [9.17, 15) is 9.59 Å². The Hall–Kier alpha value is -2.08. The molecule has 0 aliphatic carbocycles. The number of nitrogens with one attached hydrogen (secondary N) is 3. The number of para-hydroxylation sites is 1. The molecule has 3 unspecified atom stereocenters. The van der Waals surface area contributed by atoms with Gasteiger partial charge in [0.2, 0.25) is 11.8 Å². The van der Waals surface area contributed by atoms with Crippen molar-refractivity contribution in [3.63, 3.8) is 0 Å². The third-order valence-electron chi connectivity index (χ3n) is 4.49. The number of rotatable bonds is 7. The van der Waals surface area contributed by atoms with Gasteiger partial charge in [0.1, 0.15) is 5.75 Å². The van der Waals surface area contributed by atoms with Gasteiger partial charge in [0.25, 0.3) is 0 Å². The molecule has 0 aromatic heterocycles. The highest BCUT2D eigenvalue weighted by Gasteiger charge is 2.25. The van der Waals surface area contributed by atoms with Gasteiger partial charge in [-0.05, 0) is 38.4 Å². The summed E-state index contributed by atoms with van der Waals surface area (Å²) in [6.45, 7) is 7.86. The molecule has 3 atom stereocenters. The Balaban J connectivity index is 2.09. The molecule has 1 aromatic carbocycles. The molecule has 3 N–H and O–H groups in total. The molecule has 1 aliphatic rings. The summed E-state index contributed by atoms with van der Waals surface area (Å²) in [4.78, 5) is 24.2. The van der Waals surface area contributed by atoms with Gasteiger partial charge in [-0.2, -0.15) is 0 Å². The maximum absolute atomic E-state index is 12.6. The lowest BCUT2D eigenvalue weighted by molar-refractivity contribution is -0.123. The Labute approximate surface area is 149 Å². The first-order valence-electron chi connectivity index (χ1n) is 9.00. The Morgan fingerprint density at radius 1 is 1.36 bits per heavy atom. The van der Waals surface area contributed by atoms with Gasteiger partial charge in [0.05, 0.1) is 19.1 Å². The minimum atomic E-state index is -0.405. The van der Waals surface area contributed by atoms with Crippen LogP contribution in [0.25, 0.3) is 0 Å². The molecule has 138 valence electrons. The average Bonchev–Trinajstić information content (AvgIpc) is 2.57. The van der Waals surface area contributed by atoms with E-state index < -0.39 is 6.04 Å². The van der Waals surface area contributed by atoms with Gasteiger partial charge in [0, 0.05) is 18.5 Å². The topological polar surface area (TPSA) is 79.5 Å². The van der Waals surface area contributed by atoms with Crippen molar-refractivity contribution in [2.75, 3.05) is 19.7 Å². The van der Waals surface area contributed by atoms with E-state index in [0.717, 1.165) is 25.1 Å². The molecule has 0 radical (unpaired) electrons. The highest BCUT2D eigenvalue weighted by atomic mass is 16.5. The predicted molar refractivity (Wildman–Crippen MR) is 97.4 cm³/mol. The number of benzene rings is 1. The molecule has 1 heterocycles. The van der Waals surface area contributed by atoms with Crippen molar-refractivity contribution in [2.24, 2.45) is 5.92 Å². The van der Waals surface area contributed by atoms with E-state index in [1.807, 2.05) is 31.2 Å². The van der Waals surface area contributed by atoms with Crippen molar-refractivity contribution in [1.82, 2.24) is 16.0 Å². The fraction of sp³-hybridized carbons (Fsp3) is 0.579. The van der Waals surface area contributed by atoms with E-state index in [4.69, 9.17) is 4.74 Å². The number of piperidine rings is 1.